The molecule has 0 atom stereocenters. The Kier molecular flexibility index (Phi) is 6.98. The van der Waals surface area contributed by atoms with Gasteiger partial charge in [-0.05, 0) is 72.2 Å². The molecule has 1 N–H and O–H groups in total. The molecule has 2 aliphatic rings. The molecule has 2 aromatic carbocycles. The van der Waals surface area contributed by atoms with E-state index in [-0.39, 0.29) is 5.97 Å². The zero-order valence-corrected chi connectivity index (χ0v) is 18.0. The Labute approximate surface area is 179 Å². The van der Waals surface area contributed by atoms with Crippen LogP contribution in [0.4, 0.5) is 0 Å². The van der Waals surface area contributed by atoms with Gasteiger partial charge < -0.3 is 15.0 Å². The van der Waals surface area contributed by atoms with Gasteiger partial charge >= 0.3 is 5.97 Å². The number of hydrogen-bond acceptors (Lipinski definition) is 4. The Morgan fingerprint density at radius 2 is 1.90 bits per heavy atom. The number of carbonyl (C=O) groups is 1. The minimum absolute atomic E-state index is 0.190. The van der Waals surface area contributed by atoms with Crippen LogP contribution in [0.5, 0.6) is 0 Å². The van der Waals surface area contributed by atoms with E-state index in [1.54, 1.807) is 0 Å². The second-order valence-electron chi connectivity index (χ2n) is 8.25. The molecule has 2 aromatic rings. The van der Waals surface area contributed by atoms with E-state index in [2.05, 4.69) is 58.8 Å². The van der Waals surface area contributed by atoms with Crippen LogP contribution in [0.15, 0.2) is 48.5 Å². The van der Waals surface area contributed by atoms with Crippen LogP contribution in [0.2, 0.25) is 0 Å². The minimum Gasteiger partial charge on any atom is -0.469 e. The summed E-state index contributed by atoms with van der Waals surface area (Å²) in [6.45, 7) is 5.59. The van der Waals surface area contributed by atoms with Crippen molar-refractivity contribution in [2.45, 2.75) is 32.1 Å². The van der Waals surface area contributed by atoms with Gasteiger partial charge in [0.2, 0.25) is 0 Å². The quantitative estimate of drug-likeness (QED) is 0.773. The van der Waals surface area contributed by atoms with Gasteiger partial charge in [-0.15, -0.1) is 0 Å². The maximum Gasteiger partial charge on any atom is 0.309 e. The molecule has 1 fully saturated rings. The summed E-state index contributed by atoms with van der Waals surface area (Å²) in [4.78, 5) is 14.4. The van der Waals surface area contributed by atoms with Gasteiger partial charge in [-0.3, -0.25) is 4.79 Å². The van der Waals surface area contributed by atoms with Gasteiger partial charge in [0.25, 0.3) is 0 Å². The van der Waals surface area contributed by atoms with Gasteiger partial charge in [0.05, 0.1) is 13.5 Å². The normalized spacial score (nSPS) is 18.2. The monoisotopic (exact) mass is 404 g/mol. The molecule has 30 heavy (non-hydrogen) atoms. The Hall–Kier alpha value is -2.43. The zero-order chi connectivity index (χ0) is 20.8. The van der Waals surface area contributed by atoms with E-state index in [1.165, 1.54) is 47.9 Å². The summed E-state index contributed by atoms with van der Waals surface area (Å²) in [6, 6.07) is 15.3. The predicted molar refractivity (Wildman–Crippen MR) is 122 cm³/mol. The first-order valence-corrected chi connectivity index (χ1v) is 11.1. The van der Waals surface area contributed by atoms with Crippen molar-refractivity contribution in [2.75, 3.05) is 39.8 Å². The molecule has 1 saturated heterocycles. The molecule has 4 heteroatoms. The van der Waals surface area contributed by atoms with Crippen LogP contribution in [0.25, 0.3) is 5.57 Å². The smallest absolute Gasteiger partial charge is 0.309 e. The topological polar surface area (TPSA) is 41.6 Å². The van der Waals surface area contributed by atoms with Gasteiger partial charge in [-0.25, -0.2) is 0 Å². The molecule has 1 aliphatic heterocycles. The summed E-state index contributed by atoms with van der Waals surface area (Å²) in [5, 5.41) is 3.48. The number of fused-ring (bicyclic) bond motifs is 2. The third kappa shape index (κ3) is 5.00. The van der Waals surface area contributed by atoms with E-state index < -0.39 is 0 Å². The van der Waals surface area contributed by atoms with Crippen molar-refractivity contribution in [3.8, 4) is 0 Å². The van der Waals surface area contributed by atoms with Gasteiger partial charge in [0.1, 0.15) is 0 Å². The lowest BCUT2D eigenvalue weighted by Crippen LogP contribution is -2.28. The Morgan fingerprint density at radius 3 is 2.77 bits per heavy atom. The van der Waals surface area contributed by atoms with Crippen LogP contribution in [0, 0.1) is 0 Å². The van der Waals surface area contributed by atoms with Gasteiger partial charge in [-0.1, -0.05) is 48.5 Å². The maximum absolute atomic E-state index is 11.8. The fourth-order valence-electron chi connectivity index (χ4n) is 4.59. The minimum atomic E-state index is -0.190. The number of carbonyl (C=O) groups excluding carboxylic acids is 1. The van der Waals surface area contributed by atoms with Crippen LogP contribution in [0.1, 0.15) is 40.7 Å². The maximum atomic E-state index is 11.8. The average molecular weight is 405 g/mol. The zero-order valence-electron chi connectivity index (χ0n) is 18.0. The molecule has 1 aliphatic carbocycles. The fraction of sp³-hybridized carbons (Fsp3) is 0.423. The number of ether oxygens (including phenoxy) is 1. The molecular formula is C26H32N2O2. The van der Waals surface area contributed by atoms with Crippen molar-refractivity contribution in [1.29, 1.82) is 0 Å². The van der Waals surface area contributed by atoms with Crippen molar-refractivity contribution >= 4 is 11.5 Å². The van der Waals surface area contributed by atoms with Crippen LogP contribution in [-0.2, 0) is 28.8 Å². The van der Waals surface area contributed by atoms with Crippen LogP contribution >= 0.6 is 0 Å². The summed E-state index contributed by atoms with van der Waals surface area (Å²) in [5.41, 5.74) is 7.73. The van der Waals surface area contributed by atoms with Crippen LogP contribution in [0.3, 0.4) is 0 Å². The van der Waals surface area contributed by atoms with Gasteiger partial charge in [0, 0.05) is 19.6 Å². The standard InChI is InChI=1S/C26H32N2O2/c1-30-26(29)19-20-9-10-22-12-11-21-6-2-3-7-23(21)24(25(22)18-20)8-4-15-28-16-5-13-27-14-17-28/h2-3,6-10,18,27H,4-5,11-17,19H2,1H3. The van der Waals surface area contributed by atoms with E-state index in [0.29, 0.717) is 6.42 Å². The van der Waals surface area contributed by atoms with E-state index in [1.807, 2.05) is 0 Å². The number of nitrogens with one attached hydrogen (secondary N) is 1. The van der Waals surface area contributed by atoms with Gasteiger partial charge in [-0.2, -0.15) is 0 Å². The molecule has 0 radical (unpaired) electrons. The average Bonchev–Trinajstić information content (AvgIpc) is 3.12. The number of nitrogens with zero attached hydrogens (tertiary/aromatic N) is 1. The second kappa shape index (κ2) is 10.1. The van der Waals surface area contributed by atoms with Crippen molar-refractivity contribution in [2.24, 2.45) is 0 Å². The number of benzene rings is 2. The number of methoxy groups -OCH3 is 1. The first-order chi connectivity index (χ1) is 14.7. The third-order valence-corrected chi connectivity index (χ3v) is 6.24. The van der Waals surface area contributed by atoms with E-state index in [9.17, 15) is 4.79 Å². The number of hydrogen-bond donors (Lipinski definition) is 1. The lowest BCUT2D eigenvalue weighted by atomic mass is 9.91. The molecule has 0 unspecified atom stereocenters. The number of rotatable bonds is 5. The van der Waals surface area contributed by atoms with Crippen molar-refractivity contribution in [1.82, 2.24) is 10.2 Å². The van der Waals surface area contributed by atoms with Crippen molar-refractivity contribution in [3.05, 3.63) is 76.4 Å². The Bertz CT molecular complexity index is 911. The fourth-order valence-corrected chi connectivity index (χ4v) is 4.59. The Balaban J connectivity index is 1.64. The molecule has 0 bridgehead atoms. The highest BCUT2D eigenvalue weighted by atomic mass is 16.5. The van der Waals surface area contributed by atoms with E-state index in [0.717, 1.165) is 51.0 Å². The summed E-state index contributed by atoms with van der Waals surface area (Å²) in [5.74, 6) is -0.190. The highest BCUT2D eigenvalue weighted by Crippen LogP contribution is 2.34. The summed E-state index contributed by atoms with van der Waals surface area (Å²) in [6.07, 6.45) is 7.07. The molecule has 1 heterocycles. The highest BCUT2D eigenvalue weighted by molar-refractivity contribution is 5.84. The molecule has 158 valence electrons. The largest absolute Gasteiger partial charge is 0.469 e. The van der Waals surface area contributed by atoms with Crippen molar-refractivity contribution in [3.63, 3.8) is 0 Å². The summed E-state index contributed by atoms with van der Waals surface area (Å²) < 4.78 is 4.88. The lowest BCUT2D eigenvalue weighted by Gasteiger charge is -2.19. The molecule has 0 amide bonds. The Morgan fingerprint density at radius 1 is 1.07 bits per heavy atom. The molecule has 0 saturated carbocycles. The van der Waals surface area contributed by atoms with Crippen LogP contribution in [-0.4, -0.2) is 50.7 Å². The van der Waals surface area contributed by atoms with E-state index >= 15 is 0 Å². The lowest BCUT2D eigenvalue weighted by molar-refractivity contribution is -0.139. The molecule has 4 nitrogen and oxygen atoms in total. The number of esters is 1. The molecule has 4 rings (SSSR count). The highest BCUT2D eigenvalue weighted by Gasteiger charge is 2.19. The third-order valence-electron chi connectivity index (χ3n) is 6.24. The molecular weight excluding hydrogens is 372 g/mol. The summed E-state index contributed by atoms with van der Waals surface area (Å²) >= 11 is 0. The first kappa shape index (κ1) is 20.8. The van der Waals surface area contributed by atoms with Crippen molar-refractivity contribution < 1.29 is 9.53 Å². The SMILES string of the molecule is COC(=O)Cc1ccc2c(c1)C(=CCCN1CCCNCC1)c1ccccc1CC2. The first-order valence-electron chi connectivity index (χ1n) is 11.1. The second-order valence-corrected chi connectivity index (χ2v) is 8.25. The number of aryl methyl sites for hydroxylation is 2. The predicted octanol–water partition coefficient (Wildman–Crippen LogP) is 3.62. The summed E-state index contributed by atoms with van der Waals surface area (Å²) in [7, 11) is 1.45. The molecule has 0 spiro atoms. The molecule has 0 aromatic heterocycles. The van der Waals surface area contributed by atoms with E-state index in [4.69, 9.17) is 4.74 Å². The van der Waals surface area contributed by atoms with Crippen LogP contribution < -0.4 is 5.32 Å². The van der Waals surface area contributed by atoms with Gasteiger partial charge in [0.15, 0.2) is 0 Å².